The Balaban J connectivity index is 2.48. The van der Waals surface area contributed by atoms with Gasteiger partial charge >= 0.3 is 5.97 Å². The molecule has 0 aromatic rings. The molecule has 0 bridgehead atoms. The Morgan fingerprint density at radius 2 is 2.36 bits per heavy atom. The molecule has 6 heteroatoms. The fourth-order valence-corrected chi connectivity index (χ4v) is 3.45. The molecule has 1 fully saturated rings. The van der Waals surface area contributed by atoms with Gasteiger partial charge in [-0.25, -0.2) is 4.79 Å². The number of amides is 1. The first-order valence-corrected chi connectivity index (χ1v) is 5.48. The first kappa shape index (κ1) is 9.39. The zero-order valence-corrected chi connectivity index (χ0v) is 8.34. The van der Waals surface area contributed by atoms with Gasteiger partial charge < -0.3 is 5.11 Å². The van der Waals surface area contributed by atoms with Crippen LogP contribution in [0.1, 0.15) is 19.8 Å². The third-order valence-corrected chi connectivity index (χ3v) is 4.26. The maximum Gasteiger partial charge on any atom is 0.353 e. The van der Waals surface area contributed by atoms with E-state index in [1.54, 1.807) is 6.92 Å². The zero-order chi connectivity index (χ0) is 10.5. The number of carboxylic acid groups (broad SMARTS) is 1. The number of allylic oxidation sites excluding steroid dienone is 1. The van der Waals surface area contributed by atoms with Gasteiger partial charge in [-0.1, -0.05) is 6.92 Å². The zero-order valence-electron chi connectivity index (χ0n) is 7.52. The molecule has 2 rings (SSSR count). The molecule has 14 heavy (non-hydrogen) atoms. The predicted molar refractivity (Wildman–Crippen MR) is 48.3 cm³/mol. The van der Waals surface area contributed by atoms with Gasteiger partial charge in [0.2, 0.25) is 5.91 Å². The van der Waals surface area contributed by atoms with E-state index in [1.807, 2.05) is 0 Å². The Morgan fingerprint density at radius 1 is 1.71 bits per heavy atom. The van der Waals surface area contributed by atoms with Gasteiger partial charge in [-0.2, -0.15) is 0 Å². The van der Waals surface area contributed by atoms with E-state index in [9.17, 15) is 13.8 Å². The molecule has 76 valence electrons. The van der Waals surface area contributed by atoms with Gasteiger partial charge in [0.05, 0.1) is 17.2 Å². The van der Waals surface area contributed by atoms with Gasteiger partial charge in [-0.15, -0.1) is 0 Å². The van der Waals surface area contributed by atoms with Crippen LogP contribution < -0.4 is 0 Å². The summed E-state index contributed by atoms with van der Waals surface area (Å²) in [5, 5.41) is 8.47. The summed E-state index contributed by atoms with van der Waals surface area (Å²) >= 11 is 0. The van der Waals surface area contributed by atoms with Crippen LogP contribution in [0.15, 0.2) is 10.6 Å². The number of rotatable bonds is 2. The first-order valence-electron chi connectivity index (χ1n) is 4.27. The standard InChI is InChI=1S/C8H9NO4S/c1-2-4-7(8(11)12)9-5(10)3-6(9)14(4)13/h6H,2-3H2,1H3,(H,11,12). The maximum absolute atomic E-state index is 11.7. The number of carboxylic acids is 1. The number of hydrogen-bond acceptors (Lipinski definition) is 3. The van der Waals surface area contributed by atoms with E-state index in [1.165, 1.54) is 0 Å². The van der Waals surface area contributed by atoms with Gasteiger partial charge in [0.1, 0.15) is 11.1 Å². The van der Waals surface area contributed by atoms with Crippen LogP contribution in [-0.2, 0) is 20.4 Å². The minimum absolute atomic E-state index is 0.0629. The number of β-lactam (4-membered cyclic amide) rings is 1. The number of aliphatic carboxylic acids is 1. The lowest BCUT2D eigenvalue weighted by molar-refractivity contribution is -0.145. The minimum atomic E-state index is -1.32. The number of carbonyl (C=O) groups is 2. The highest BCUT2D eigenvalue weighted by Gasteiger charge is 2.51. The van der Waals surface area contributed by atoms with Gasteiger partial charge in [0.25, 0.3) is 0 Å². The Hall–Kier alpha value is -1.17. The van der Waals surface area contributed by atoms with Gasteiger partial charge in [-0.3, -0.25) is 13.9 Å². The molecule has 1 amide bonds. The van der Waals surface area contributed by atoms with Crippen molar-refractivity contribution >= 4 is 22.7 Å². The third-order valence-electron chi connectivity index (χ3n) is 2.42. The molecular formula is C8H9NO4S. The molecule has 1 N–H and O–H groups in total. The third kappa shape index (κ3) is 0.971. The molecule has 0 aromatic heterocycles. The average molecular weight is 215 g/mol. The van der Waals surface area contributed by atoms with E-state index in [0.29, 0.717) is 11.3 Å². The number of nitrogens with zero attached hydrogens (tertiary/aromatic N) is 1. The molecule has 0 radical (unpaired) electrons. The van der Waals surface area contributed by atoms with Crippen LogP contribution in [0.5, 0.6) is 0 Å². The monoisotopic (exact) mass is 215 g/mol. The summed E-state index contributed by atoms with van der Waals surface area (Å²) in [6, 6.07) is 0. The van der Waals surface area contributed by atoms with E-state index in [4.69, 9.17) is 5.11 Å². The van der Waals surface area contributed by atoms with Crippen LogP contribution in [0.3, 0.4) is 0 Å². The van der Waals surface area contributed by atoms with Crippen LogP contribution in [0.25, 0.3) is 0 Å². The van der Waals surface area contributed by atoms with E-state index < -0.39 is 22.1 Å². The Bertz CT molecular complexity index is 387. The lowest BCUT2D eigenvalue weighted by Gasteiger charge is -2.33. The summed E-state index contributed by atoms with van der Waals surface area (Å²) in [6.45, 7) is 1.74. The fourth-order valence-electron chi connectivity index (χ4n) is 1.75. The maximum atomic E-state index is 11.7. The molecular weight excluding hydrogens is 206 g/mol. The summed E-state index contributed by atoms with van der Waals surface area (Å²) in [6.07, 6.45) is 0.613. The molecule has 0 saturated carbocycles. The van der Waals surface area contributed by atoms with Crippen molar-refractivity contribution in [1.82, 2.24) is 4.90 Å². The highest BCUT2D eigenvalue weighted by atomic mass is 32.2. The Kier molecular flexibility index (Phi) is 1.95. The van der Waals surface area contributed by atoms with Crippen molar-refractivity contribution in [3.05, 3.63) is 10.6 Å². The van der Waals surface area contributed by atoms with Crippen molar-refractivity contribution in [2.45, 2.75) is 25.1 Å². The second-order valence-corrected chi connectivity index (χ2v) is 4.78. The second-order valence-electron chi connectivity index (χ2n) is 3.15. The Labute approximate surface area is 82.8 Å². The normalized spacial score (nSPS) is 30.4. The highest BCUT2D eigenvalue weighted by molar-refractivity contribution is 7.90. The number of carbonyl (C=O) groups excluding carboxylic acids is 1. The summed E-state index contributed by atoms with van der Waals surface area (Å²) in [5.41, 5.74) is -0.0629. The molecule has 2 unspecified atom stereocenters. The van der Waals surface area contributed by atoms with Crippen molar-refractivity contribution in [3.8, 4) is 0 Å². The van der Waals surface area contributed by atoms with Crippen molar-refractivity contribution in [1.29, 1.82) is 0 Å². The molecule has 1 saturated heterocycles. The van der Waals surface area contributed by atoms with Crippen molar-refractivity contribution in [2.24, 2.45) is 0 Å². The lowest BCUT2D eigenvalue weighted by atomic mass is 10.1. The van der Waals surface area contributed by atoms with Crippen LogP contribution in [0.2, 0.25) is 0 Å². The minimum Gasteiger partial charge on any atom is -0.477 e. The summed E-state index contributed by atoms with van der Waals surface area (Å²) in [4.78, 5) is 23.5. The van der Waals surface area contributed by atoms with Gasteiger partial charge in [0.15, 0.2) is 0 Å². The topological polar surface area (TPSA) is 74.7 Å². The molecule has 2 aliphatic rings. The summed E-state index contributed by atoms with van der Waals surface area (Å²) < 4.78 is 11.7. The van der Waals surface area contributed by atoms with Crippen LogP contribution >= 0.6 is 0 Å². The van der Waals surface area contributed by atoms with Gasteiger partial charge in [-0.05, 0) is 6.42 Å². The van der Waals surface area contributed by atoms with Crippen molar-refractivity contribution in [3.63, 3.8) is 0 Å². The predicted octanol–water partition coefficient (Wildman–Crippen LogP) is 0.0133. The van der Waals surface area contributed by atoms with Gasteiger partial charge in [0, 0.05) is 4.91 Å². The quantitative estimate of drug-likeness (QED) is 0.658. The summed E-state index contributed by atoms with van der Waals surface area (Å²) in [5.74, 6) is -1.41. The largest absolute Gasteiger partial charge is 0.477 e. The number of fused-ring (bicyclic) bond motifs is 1. The molecule has 0 aromatic carbocycles. The van der Waals surface area contributed by atoms with E-state index in [2.05, 4.69) is 0 Å². The molecule has 2 heterocycles. The Morgan fingerprint density at radius 3 is 2.79 bits per heavy atom. The van der Waals surface area contributed by atoms with E-state index in [0.717, 1.165) is 4.90 Å². The van der Waals surface area contributed by atoms with E-state index >= 15 is 0 Å². The summed E-state index contributed by atoms with van der Waals surface area (Å²) in [7, 11) is -1.32. The van der Waals surface area contributed by atoms with Crippen LogP contribution in [-0.4, -0.2) is 31.5 Å². The van der Waals surface area contributed by atoms with Crippen LogP contribution in [0.4, 0.5) is 0 Å². The fraction of sp³-hybridized carbons (Fsp3) is 0.500. The molecule has 2 atom stereocenters. The number of hydrogen-bond donors (Lipinski definition) is 1. The smallest absolute Gasteiger partial charge is 0.353 e. The van der Waals surface area contributed by atoms with E-state index in [-0.39, 0.29) is 18.0 Å². The average Bonchev–Trinajstić information content (AvgIpc) is 2.34. The van der Waals surface area contributed by atoms with Crippen molar-refractivity contribution < 1.29 is 18.9 Å². The highest BCUT2D eigenvalue weighted by Crippen LogP contribution is 2.39. The second kappa shape index (κ2) is 2.91. The molecule has 0 aliphatic carbocycles. The first-order chi connectivity index (χ1) is 6.57. The molecule has 5 nitrogen and oxygen atoms in total. The molecule has 2 aliphatic heterocycles. The van der Waals surface area contributed by atoms with Crippen LogP contribution in [0, 0.1) is 0 Å². The molecule has 0 spiro atoms. The lowest BCUT2D eigenvalue weighted by Crippen LogP contribution is -2.51. The van der Waals surface area contributed by atoms with Crippen molar-refractivity contribution in [2.75, 3.05) is 0 Å². The SMILES string of the molecule is CCC1=C(C(=O)O)N2C(=O)CC2S1=O.